The summed E-state index contributed by atoms with van der Waals surface area (Å²) in [7, 11) is 0. The molecule has 19 heavy (non-hydrogen) atoms. The van der Waals surface area contributed by atoms with E-state index in [-0.39, 0.29) is 6.10 Å². The highest BCUT2D eigenvalue weighted by Gasteiger charge is 2.25. The molecule has 1 atom stereocenters. The predicted molar refractivity (Wildman–Crippen MR) is 72.3 cm³/mol. The van der Waals surface area contributed by atoms with Crippen molar-refractivity contribution < 1.29 is 14.3 Å². The standard InChI is InChI=1S/C16H14O3/c1-2-18-16(17)15-13-9-4-3-7-11(13)12-8-5-6-10-14(12)19-15/h3-10,14H,2H2,1H3. The fourth-order valence-electron chi connectivity index (χ4n) is 2.35. The molecule has 1 unspecified atom stereocenters. The number of benzene rings is 1. The second-order valence-electron chi connectivity index (χ2n) is 4.33. The molecule has 3 nitrogen and oxygen atoms in total. The average Bonchev–Trinajstić information content (AvgIpc) is 2.46. The van der Waals surface area contributed by atoms with Crippen molar-refractivity contribution in [3.05, 3.63) is 59.0 Å². The van der Waals surface area contributed by atoms with E-state index < -0.39 is 5.97 Å². The summed E-state index contributed by atoms with van der Waals surface area (Å²) in [5.74, 6) is -0.108. The first kappa shape index (κ1) is 11.8. The van der Waals surface area contributed by atoms with Gasteiger partial charge in [0.25, 0.3) is 0 Å². The van der Waals surface area contributed by atoms with Crippen molar-refractivity contribution in [3.8, 4) is 0 Å². The summed E-state index contributed by atoms with van der Waals surface area (Å²) in [6, 6.07) is 7.74. The third kappa shape index (κ3) is 1.97. The summed E-state index contributed by atoms with van der Waals surface area (Å²) in [5.41, 5.74) is 1.08. The number of hydrogen-bond donors (Lipinski definition) is 0. The van der Waals surface area contributed by atoms with Gasteiger partial charge < -0.3 is 9.47 Å². The van der Waals surface area contributed by atoms with E-state index in [0.29, 0.717) is 12.4 Å². The average molecular weight is 254 g/mol. The second kappa shape index (κ2) is 4.76. The number of esters is 1. The van der Waals surface area contributed by atoms with Gasteiger partial charge in [-0.25, -0.2) is 4.79 Å². The van der Waals surface area contributed by atoms with Crippen LogP contribution in [0, 0.1) is 0 Å². The van der Waals surface area contributed by atoms with Crippen molar-refractivity contribution in [3.63, 3.8) is 0 Å². The largest absolute Gasteiger partial charge is 0.474 e. The normalized spacial score (nSPS) is 19.5. The van der Waals surface area contributed by atoms with Crippen LogP contribution in [0.1, 0.15) is 6.92 Å². The zero-order valence-electron chi connectivity index (χ0n) is 10.6. The molecule has 2 aliphatic rings. The van der Waals surface area contributed by atoms with Crippen molar-refractivity contribution in [2.45, 2.75) is 13.0 Å². The van der Waals surface area contributed by atoms with Gasteiger partial charge in [0.2, 0.25) is 5.76 Å². The molecule has 0 fully saturated rings. The topological polar surface area (TPSA) is 35.5 Å². The lowest BCUT2D eigenvalue weighted by Crippen LogP contribution is -2.40. The van der Waals surface area contributed by atoms with Crippen LogP contribution in [0.2, 0.25) is 0 Å². The summed E-state index contributed by atoms with van der Waals surface area (Å²) in [6.07, 6.45) is 7.64. The van der Waals surface area contributed by atoms with Crippen LogP contribution in [0.4, 0.5) is 0 Å². The number of hydrogen-bond acceptors (Lipinski definition) is 3. The Hall–Kier alpha value is -2.29. The molecule has 1 heterocycles. The Bertz CT molecular complexity index is 695. The lowest BCUT2D eigenvalue weighted by molar-refractivity contribution is -0.138. The summed E-state index contributed by atoms with van der Waals surface area (Å²) in [6.45, 7) is 2.12. The summed E-state index contributed by atoms with van der Waals surface area (Å²) in [4.78, 5) is 12.0. The Morgan fingerprint density at radius 3 is 2.84 bits per heavy atom. The molecule has 3 heteroatoms. The molecule has 96 valence electrons. The zero-order chi connectivity index (χ0) is 13.2. The van der Waals surface area contributed by atoms with Crippen LogP contribution in [-0.2, 0) is 14.3 Å². The van der Waals surface area contributed by atoms with Gasteiger partial charge in [0, 0.05) is 10.8 Å². The molecule has 1 aromatic rings. The van der Waals surface area contributed by atoms with E-state index >= 15 is 0 Å². The molecule has 1 aliphatic heterocycles. The first-order chi connectivity index (χ1) is 9.31. The van der Waals surface area contributed by atoms with Crippen molar-refractivity contribution in [2.24, 2.45) is 0 Å². The van der Waals surface area contributed by atoms with Gasteiger partial charge >= 0.3 is 5.97 Å². The van der Waals surface area contributed by atoms with Crippen molar-refractivity contribution in [1.82, 2.24) is 0 Å². The Balaban J connectivity index is 2.28. The van der Waals surface area contributed by atoms with Gasteiger partial charge in [0.1, 0.15) is 6.10 Å². The third-order valence-electron chi connectivity index (χ3n) is 3.17. The number of ether oxygens (including phenoxy) is 2. The smallest absolute Gasteiger partial charge is 0.374 e. The number of carbonyl (C=O) groups is 1. The lowest BCUT2D eigenvalue weighted by Gasteiger charge is -2.24. The molecule has 0 amide bonds. The van der Waals surface area contributed by atoms with E-state index in [9.17, 15) is 4.79 Å². The molecule has 1 aromatic carbocycles. The van der Waals surface area contributed by atoms with Crippen LogP contribution in [0.15, 0.2) is 48.6 Å². The number of rotatable bonds is 2. The lowest BCUT2D eigenvalue weighted by atomic mass is 9.98. The second-order valence-corrected chi connectivity index (χ2v) is 4.33. The molecule has 0 N–H and O–H groups in total. The number of carbonyl (C=O) groups excluding carboxylic acids is 1. The van der Waals surface area contributed by atoms with Gasteiger partial charge in [0.15, 0.2) is 0 Å². The first-order valence-corrected chi connectivity index (χ1v) is 6.33. The minimum absolute atomic E-state index is 0.209. The van der Waals surface area contributed by atoms with E-state index in [1.807, 2.05) is 48.6 Å². The highest BCUT2D eigenvalue weighted by atomic mass is 16.6. The number of allylic oxidation sites excluding steroid dienone is 2. The fourth-order valence-corrected chi connectivity index (χ4v) is 2.35. The van der Waals surface area contributed by atoms with Crippen LogP contribution in [0.25, 0.3) is 11.3 Å². The third-order valence-corrected chi connectivity index (χ3v) is 3.17. The molecule has 0 spiro atoms. The highest BCUT2D eigenvalue weighted by Crippen LogP contribution is 2.20. The van der Waals surface area contributed by atoms with Gasteiger partial charge in [0.05, 0.1) is 6.61 Å². The van der Waals surface area contributed by atoms with E-state index in [1.165, 1.54) is 0 Å². The summed E-state index contributed by atoms with van der Waals surface area (Å²) in [5, 5.41) is 1.83. The van der Waals surface area contributed by atoms with Gasteiger partial charge in [-0.15, -0.1) is 0 Å². The van der Waals surface area contributed by atoms with Gasteiger partial charge in [-0.2, -0.15) is 0 Å². The molecule has 0 aromatic heterocycles. The van der Waals surface area contributed by atoms with E-state index in [1.54, 1.807) is 6.92 Å². The molecule has 0 bridgehead atoms. The zero-order valence-corrected chi connectivity index (χ0v) is 10.6. The first-order valence-electron chi connectivity index (χ1n) is 6.33. The number of fused-ring (bicyclic) bond motifs is 2. The maximum absolute atomic E-state index is 12.0. The molecular weight excluding hydrogens is 240 g/mol. The Labute approximate surface area is 111 Å². The fraction of sp³-hybridized carbons (Fsp3) is 0.188. The maximum atomic E-state index is 12.0. The van der Waals surface area contributed by atoms with Crippen LogP contribution in [0.5, 0.6) is 0 Å². The van der Waals surface area contributed by atoms with Crippen molar-refractivity contribution >= 4 is 17.3 Å². The molecule has 3 rings (SSSR count). The van der Waals surface area contributed by atoms with Crippen LogP contribution >= 0.6 is 0 Å². The van der Waals surface area contributed by atoms with Crippen molar-refractivity contribution in [1.29, 1.82) is 0 Å². The highest BCUT2D eigenvalue weighted by molar-refractivity contribution is 6.07. The maximum Gasteiger partial charge on any atom is 0.374 e. The van der Waals surface area contributed by atoms with Gasteiger partial charge in [-0.3, -0.25) is 0 Å². The SMILES string of the molecule is CCOC(=O)C1=c2ccccc2=C2C=CC=CC2O1. The Kier molecular flexibility index (Phi) is 2.95. The molecule has 1 aliphatic carbocycles. The Morgan fingerprint density at radius 1 is 1.26 bits per heavy atom. The van der Waals surface area contributed by atoms with E-state index in [0.717, 1.165) is 16.0 Å². The van der Waals surface area contributed by atoms with Crippen LogP contribution in [-0.4, -0.2) is 18.7 Å². The predicted octanol–water partition coefficient (Wildman–Crippen LogP) is 1.03. The monoisotopic (exact) mass is 254 g/mol. The van der Waals surface area contributed by atoms with Crippen molar-refractivity contribution in [2.75, 3.05) is 6.61 Å². The van der Waals surface area contributed by atoms with E-state index in [2.05, 4.69) is 0 Å². The van der Waals surface area contributed by atoms with Crippen LogP contribution in [0.3, 0.4) is 0 Å². The summed E-state index contributed by atoms with van der Waals surface area (Å²) >= 11 is 0. The van der Waals surface area contributed by atoms with Gasteiger partial charge in [-0.1, -0.05) is 42.5 Å². The molecule has 0 radical (unpaired) electrons. The molecular formula is C16H14O3. The van der Waals surface area contributed by atoms with E-state index in [4.69, 9.17) is 9.47 Å². The minimum Gasteiger partial charge on any atom is -0.474 e. The van der Waals surface area contributed by atoms with Crippen LogP contribution < -0.4 is 10.4 Å². The molecule has 0 saturated carbocycles. The summed E-state index contributed by atoms with van der Waals surface area (Å²) < 4.78 is 10.9. The Morgan fingerprint density at radius 2 is 2.05 bits per heavy atom. The minimum atomic E-state index is -0.406. The van der Waals surface area contributed by atoms with Gasteiger partial charge in [-0.05, 0) is 18.2 Å². The quantitative estimate of drug-likeness (QED) is 0.740. The molecule has 0 saturated heterocycles.